The van der Waals surface area contributed by atoms with Crippen molar-refractivity contribution >= 4 is 0 Å². The molecule has 0 saturated heterocycles. The van der Waals surface area contributed by atoms with Crippen LogP contribution in [0.2, 0.25) is 0 Å². The van der Waals surface area contributed by atoms with Gasteiger partial charge in [0, 0.05) is 0 Å². The van der Waals surface area contributed by atoms with Crippen LogP contribution in [-0.4, -0.2) is 0 Å². The molecule has 1 aromatic rings. The zero-order valence-electron chi connectivity index (χ0n) is 9.13. The van der Waals surface area contributed by atoms with E-state index < -0.39 is 0 Å². The lowest BCUT2D eigenvalue weighted by atomic mass is 9.90. The van der Waals surface area contributed by atoms with Gasteiger partial charge in [-0.2, -0.15) is 0 Å². The highest BCUT2D eigenvalue weighted by molar-refractivity contribution is 5.30. The van der Waals surface area contributed by atoms with E-state index in [1.807, 2.05) is 0 Å². The Labute approximate surface area is 87.3 Å². The van der Waals surface area contributed by atoms with E-state index in [1.54, 1.807) is 5.56 Å². The molecule has 0 heterocycles. The van der Waals surface area contributed by atoms with Gasteiger partial charge < -0.3 is 0 Å². The molecule has 0 aliphatic heterocycles. The zero-order valence-corrected chi connectivity index (χ0v) is 9.13. The first-order valence-corrected chi connectivity index (χ1v) is 5.93. The second-order valence-electron chi connectivity index (χ2n) is 4.60. The number of benzene rings is 1. The van der Waals surface area contributed by atoms with E-state index >= 15 is 0 Å². The summed E-state index contributed by atoms with van der Waals surface area (Å²) in [5.41, 5.74) is 2.17. The van der Waals surface area contributed by atoms with E-state index in [0.29, 0.717) is 5.41 Å². The summed E-state index contributed by atoms with van der Waals surface area (Å²) in [5.74, 6) is 0. The lowest BCUT2D eigenvalue weighted by Gasteiger charge is -2.14. The molecule has 1 aliphatic carbocycles. The second kappa shape index (κ2) is 4.16. The van der Waals surface area contributed by atoms with Crippen molar-refractivity contribution in [2.75, 3.05) is 0 Å². The fourth-order valence-corrected chi connectivity index (χ4v) is 2.34. The fraction of sp³-hybridized carbons (Fsp3) is 0.571. The summed E-state index contributed by atoms with van der Waals surface area (Å²) in [7, 11) is 0. The Bertz CT molecular complexity index is 269. The van der Waals surface area contributed by atoms with Crippen LogP contribution in [0, 0.1) is 0 Å². The highest BCUT2D eigenvalue weighted by Gasteiger charge is 2.42. The van der Waals surface area contributed by atoms with Gasteiger partial charge >= 0.3 is 0 Å². The molecule has 0 nitrogen and oxygen atoms in total. The average molecular weight is 188 g/mol. The molecule has 0 spiro atoms. The van der Waals surface area contributed by atoms with Crippen molar-refractivity contribution in [1.29, 1.82) is 0 Å². The standard InChI is InChI=1S/C14H20/c1-2-3-7-10-14(11-12-14)13-8-5-4-6-9-13/h4-6,8-9H,2-3,7,10-12H2,1H3. The molecular weight excluding hydrogens is 168 g/mol. The molecular formula is C14H20. The van der Waals surface area contributed by atoms with E-state index in [0.717, 1.165) is 0 Å². The summed E-state index contributed by atoms with van der Waals surface area (Å²) in [6.45, 7) is 2.28. The summed E-state index contributed by atoms with van der Waals surface area (Å²) < 4.78 is 0. The van der Waals surface area contributed by atoms with Gasteiger partial charge in [0.2, 0.25) is 0 Å². The van der Waals surface area contributed by atoms with Gasteiger partial charge in [0.15, 0.2) is 0 Å². The SMILES string of the molecule is CCCCCC1(c2ccccc2)CC1. The quantitative estimate of drug-likeness (QED) is 0.604. The first-order chi connectivity index (χ1) is 6.87. The first-order valence-electron chi connectivity index (χ1n) is 5.93. The number of unbranched alkanes of at least 4 members (excludes halogenated alkanes) is 2. The van der Waals surface area contributed by atoms with Crippen molar-refractivity contribution in [3.05, 3.63) is 35.9 Å². The molecule has 1 saturated carbocycles. The molecule has 0 atom stereocenters. The molecule has 0 heteroatoms. The first kappa shape index (κ1) is 9.76. The highest BCUT2D eigenvalue weighted by atomic mass is 14.5. The van der Waals surface area contributed by atoms with Crippen LogP contribution in [0.5, 0.6) is 0 Å². The minimum atomic E-state index is 0.594. The van der Waals surface area contributed by atoms with E-state index in [2.05, 4.69) is 37.3 Å². The summed E-state index contributed by atoms with van der Waals surface area (Å²) in [4.78, 5) is 0. The van der Waals surface area contributed by atoms with Crippen molar-refractivity contribution in [3.8, 4) is 0 Å². The van der Waals surface area contributed by atoms with Crippen molar-refractivity contribution in [1.82, 2.24) is 0 Å². The van der Waals surface area contributed by atoms with Crippen molar-refractivity contribution in [2.24, 2.45) is 0 Å². The predicted molar refractivity (Wildman–Crippen MR) is 61.5 cm³/mol. The second-order valence-corrected chi connectivity index (χ2v) is 4.60. The summed E-state index contributed by atoms with van der Waals surface area (Å²) in [6, 6.07) is 11.1. The highest BCUT2D eigenvalue weighted by Crippen LogP contribution is 2.51. The fourth-order valence-electron chi connectivity index (χ4n) is 2.34. The Kier molecular flexibility index (Phi) is 2.90. The third-order valence-corrected chi connectivity index (χ3v) is 3.50. The molecule has 0 radical (unpaired) electrons. The Hall–Kier alpha value is -0.780. The van der Waals surface area contributed by atoms with Gasteiger partial charge in [0.1, 0.15) is 0 Å². The van der Waals surface area contributed by atoms with Gasteiger partial charge in [0.25, 0.3) is 0 Å². The van der Waals surface area contributed by atoms with Gasteiger partial charge in [-0.3, -0.25) is 0 Å². The lowest BCUT2D eigenvalue weighted by Crippen LogP contribution is -2.05. The predicted octanol–water partition coefficient (Wildman–Crippen LogP) is 4.30. The summed E-state index contributed by atoms with van der Waals surface area (Å²) in [6.07, 6.45) is 8.39. The third-order valence-electron chi connectivity index (χ3n) is 3.50. The number of hydrogen-bond donors (Lipinski definition) is 0. The Morgan fingerprint density at radius 1 is 1.07 bits per heavy atom. The van der Waals surface area contributed by atoms with Crippen molar-refractivity contribution in [2.45, 2.75) is 50.9 Å². The molecule has 0 unspecified atom stereocenters. The molecule has 0 N–H and O–H groups in total. The topological polar surface area (TPSA) is 0 Å². The van der Waals surface area contributed by atoms with Crippen LogP contribution in [0.3, 0.4) is 0 Å². The molecule has 14 heavy (non-hydrogen) atoms. The average Bonchev–Trinajstić information content (AvgIpc) is 3.01. The number of hydrogen-bond acceptors (Lipinski definition) is 0. The Morgan fingerprint density at radius 2 is 1.79 bits per heavy atom. The van der Waals surface area contributed by atoms with E-state index in [-0.39, 0.29) is 0 Å². The third kappa shape index (κ3) is 2.00. The largest absolute Gasteiger partial charge is 0.0654 e. The molecule has 76 valence electrons. The van der Waals surface area contributed by atoms with E-state index in [4.69, 9.17) is 0 Å². The maximum absolute atomic E-state index is 2.30. The molecule has 1 aromatic carbocycles. The minimum absolute atomic E-state index is 0.594. The van der Waals surface area contributed by atoms with Gasteiger partial charge in [0.05, 0.1) is 0 Å². The smallest absolute Gasteiger partial charge is 0.00463 e. The van der Waals surface area contributed by atoms with Crippen LogP contribution in [0.4, 0.5) is 0 Å². The normalized spacial score (nSPS) is 18.1. The van der Waals surface area contributed by atoms with E-state index in [1.165, 1.54) is 38.5 Å². The van der Waals surface area contributed by atoms with Crippen molar-refractivity contribution in [3.63, 3.8) is 0 Å². The van der Waals surface area contributed by atoms with E-state index in [9.17, 15) is 0 Å². The van der Waals surface area contributed by atoms with Crippen molar-refractivity contribution < 1.29 is 0 Å². The maximum atomic E-state index is 2.30. The maximum Gasteiger partial charge on any atom is -0.00463 e. The Morgan fingerprint density at radius 3 is 2.36 bits per heavy atom. The Balaban J connectivity index is 1.96. The van der Waals surface area contributed by atoms with Crippen LogP contribution in [-0.2, 0) is 5.41 Å². The molecule has 0 amide bonds. The molecule has 1 aliphatic rings. The van der Waals surface area contributed by atoms with Crippen LogP contribution in [0.1, 0.15) is 51.0 Å². The molecule has 0 bridgehead atoms. The molecule has 1 fully saturated rings. The van der Waals surface area contributed by atoms with Crippen LogP contribution in [0.15, 0.2) is 30.3 Å². The minimum Gasteiger partial charge on any atom is -0.0654 e. The van der Waals surface area contributed by atoms with Gasteiger partial charge in [-0.05, 0) is 30.2 Å². The molecule has 2 rings (SSSR count). The lowest BCUT2D eigenvalue weighted by molar-refractivity contribution is 0.557. The number of rotatable bonds is 5. The summed E-state index contributed by atoms with van der Waals surface area (Å²) >= 11 is 0. The zero-order chi connectivity index (χ0) is 9.86. The molecule has 0 aromatic heterocycles. The summed E-state index contributed by atoms with van der Waals surface area (Å²) in [5, 5.41) is 0. The van der Waals surface area contributed by atoms with Crippen LogP contribution < -0.4 is 0 Å². The van der Waals surface area contributed by atoms with Gasteiger partial charge in [-0.25, -0.2) is 0 Å². The van der Waals surface area contributed by atoms with Gasteiger partial charge in [-0.1, -0.05) is 56.5 Å². The van der Waals surface area contributed by atoms with Crippen LogP contribution in [0.25, 0.3) is 0 Å². The monoisotopic (exact) mass is 188 g/mol. The van der Waals surface area contributed by atoms with Gasteiger partial charge in [-0.15, -0.1) is 0 Å². The van der Waals surface area contributed by atoms with Crippen LogP contribution >= 0.6 is 0 Å².